The Morgan fingerprint density at radius 1 is 1.25 bits per heavy atom. The number of piperidine rings is 1. The number of amides is 1. The molecule has 2 N–H and O–H groups in total. The molecule has 1 amide bonds. The molecule has 0 radical (unpaired) electrons. The molecule has 0 saturated carbocycles. The van der Waals surface area contributed by atoms with Crippen molar-refractivity contribution in [3.63, 3.8) is 0 Å². The van der Waals surface area contributed by atoms with Gasteiger partial charge in [-0.15, -0.1) is 12.2 Å². The van der Waals surface area contributed by atoms with Crippen molar-refractivity contribution in [2.75, 3.05) is 26.2 Å². The van der Waals surface area contributed by atoms with Crippen molar-refractivity contribution in [2.24, 2.45) is 11.1 Å². The summed E-state index contributed by atoms with van der Waals surface area (Å²) in [5.74, 6) is -0.261. The van der Waals surface area contributed by atoms with Crippen molar-refractivity contribution in [1.29, 1.82) is 0 Å². The molecule has 1 aliphatic rings. The summed E-state index contributed by atoms with van der Waals surface area (Å²) in [6.45, 7) is 5.21. The van der Waals surface area contributed by atoms with Crippen LogP contribution in [0.3, 0.4) is 0 Å². The predicted molar refractivity (Wildman–Crippen MR) is 81.9 cm³/mol. The molecule has 0 aliphatic carbocycles. The van der Waals surface area contributed by atoms with Crippen LogP contribution in [0.2, 0.25) is 0 Å². The zero-order valence-corrected chi connectivity index (χ0v) is 12.2. The molecule has 1 heterocycles. The minimum atomic E-state index is -0.590. The van der Waals surface area contributed by atoms with E-state index in [4.69, 9.17) is 5.73 Å². The second kappa shape index (κ2) is 6.75. The lowest BCUT2D eigenvalue weighted by atomic mass is 9.88. The Kier molecular flexibility index (Phi) is 5.01. The fourth-order valence-corrected chi connectivity index (χ4v) is 2.62. The lowest BCUT2D eigenvalue weighted by Crippen LogP contribution is -2.48. The summed E-state index contributed by atoms with van der Waals surface area (Å²) >= 11 is 0. The van der Waals surface area contributed by atoms with Crippen molar-refractivity contribution < 1.29 is 4.79 Å². The Labute approximate surface area is 121 Å². The van der Waals surface area contributed by atoms with Crippen LogP contribution in [0.25, 0.3) is 5.32 Å². The van der Waals surface area contributed by atoms with Gasteiger partial charge >= 0.3 is 0 Å². The molecule has 0 bridgehead atoms. The van der Waals surface area contributed by atoms with E-state index in [1.54, 1.807) is 0 Å². The van der Waals surface area contributed by atoms with Crippen LogP contribution in [0.4, 0.5) is 5.69 Å². The van der Waals surface area contributed by atoms with Gasteiger partial charge in [0.25, 0.3) is 0 Å². The van der Waals surface area contributed by atoms with Crippen LogP contribution in [-0.4, -0.2) is 37.0 Å². The molecule has 0 spiro atoms. The fourth-order valence-electron chi connectivity index (χ4n) is 2.62. The minimum Gasteiger partial charge on any atom is -0.683 e. The molecule has 1 saturated heterocycles. The van der Waals surface area contributed by atoms with E-state index in [9.17, 15) is 4.79 Å². The standard InChI is InChI=1S/C16H24N3O/c1-16(15(17)20,13-19-10-6-3-7-11-19)12-18-14-8-4-2-5-9-14/h2,4-5,8-9H,3,6-7,10-13H2,1H3,(H2,17,20)/q-1. The zero-order chi connectivity index (χ0) is 14.4. The highest BCUT2D eigenvalue weighted by atomic mass is 16.1. The van der Waals surface area contributed by atoms with Crippen LogP contribution >= 0.6 is 0 Å². The van der Waals surface area contributed by atoms with Gasteiger partial charge in [-0.3, -0.25) is 4.79 Å². The van der Waals surface area contributed by atoms with Crippen LogP contribution in [-0.2, 0) is 4.79 Å². The molecule has 4 nitrogen and oxygen atoms in total. The largest absolute Gasteiger partial charge is 0.683 e. The lowest BCUT2D eigenvalue weighted by molar-refractivity contribution is -0.127. The predicted octanol–water partition coefficient (Wildman–Crippen LogP) is 2.67. The number of hydrogen-bond donors (Lipinski definition) is 1. The molecule has 1 fully saturated rings. The summed E-state index contributed by atoms with van der Waals surface area (Å²) < 4.78 is 0. The second-order valence-corrected chi connectivity index (χ2v) is 5.91. The van der Waals surface area contributed by atoms with E-state index in [2.05, 4.69) is 10.2 Å². The minimum absolute atomic E-state index is 0.261. The number of primary amides is 1. The van der Waals surface area contributed by atoms with Gasteiger partial charge < -0.3 is 16.0 Å². The number of likely N-dealkylation sites (tertiary alicyclic amines) is 1. The molecule has 1 aromatic carbocycles. The number of benzene rings is 1. The van der Waals surface area contributed by atoms with Gasteiger partial charge in [-0.2, -0.15) is 0 Å². The topological polar surface area (TPSA) is 60.4 Å². The van der Waals surface area contributed by atoms with Gasteiger partial charge in [0.05, 0.1) is 0 Å². The van der Waals surface area contributed by atoms with E-state index in [-0.39, 0.29) is 5.91 Å². The highest BCUT2D eigenvalue weighted by Crippen LogP contribution is 2.27. The molecule has 20 heavy (non-hydrogen) atoms. The molecule has 1 unspecified atom stereocenters. The zero-order valence-electron chi connectivity index (χ0n) is 12.2. The molecule has 0 aromatic heterocycles. The monoisotopic (exact) mass is 274 g/mol. The molecule has 2 rings (SSSR count). The first kappa shape index (κ1) is 14.9. The van der Waals surface area contributed by atoms with E-state index in [1.165, 1.54) is 19.3 Å². The maximum absolute atomic E-state index is 11.9. The van der Waals surface area contributed by atoms with Crippen LogP contribution in [0.1, 0.15) is 26.2 Å². The molecule has 110 valence electrons. The second-order valence-electron chi connectivity index (χ2n) is 5.91. The number of hydrogen-bond acceptors (Lipinski definition) is 2. The average molecular weight is 274 g/mol. The Bertz CT molecular complexity index is 429. The van der Waals surface area contributed by atoms with Gasteiger partial charge in [0.1, 0.15) is 0 Å². The Balaban J connectivity index is 1.95. The summed E-state index contributed by atoms with van der Waals surface area (Å²) in [7, 11) is 0. The van der Waals surface area contributed by atoms with Gasteiger partial charge in [-0.1, -0.05) is 43.7 Å². The van der Waals surface area contributed by atoms with Gasteiger partial charge in [0, 0.05) is 12.0 Å². The van der Waals surface area contributed by atoms with Crippen LogP contribution in [0.15, 0.2) is 30.3 Å². The van der Waals surface area contributed by atoms with E-state index in [0.29, 0.717) is 13.1 Å². The summed E-state index contributed by atoms with van der Waals surface area (Å²) in [6, 6.07) is 9.75. The highest BCUT2D eigenvalue weighted by Gasteiger charge is 2.30. The lowest BCUT2D eigenvalue weighted by Gasteiger charge is -2.40. The number of carbonyl (C=O) groups excluding carboxylic acids is 1. The Morgan fingerprint density at radius 2 is 1.90 bits per heavy atom. The van der Waals surface area contributed by atoms with Crippen molar-refractivity contribution in [3.8, 4) is 0 Å². The average Bonchev–Trinajstić information content (AvgIpc) is 2.47. The van der Waals surface area contributed by atoms with Crippen molar-refractivity contribution in [2.45, 2.75) is 26.2 Å². The Morgan fingerprint density at radius 3 is 2.50 bits per heavy atom. The van der Waals surface area contributed by atoms with Gasteiger partial charge in [-0.25, -0.2) is 0 Å². The van der Waals surface area contributed by atoms with Crippen molar-refractivity contribution in [3.05, 3.63) is 35.6 Å². The number of para-hydroxylation sites is 1. The highest BCUT2D eigenvalue weighted by molar-refractivity contribution is 5.81. The van der Waals surface area contributed by atoms with Gasteiger partial charge in [0.15, 0.2) is 0 Å². The number of nitrogens with zero attached hydrogens (tertiary/aromatic N) is 2. The Hall–Kier alpha value is -1.55. The van der Waals surface area contributed by atoms with E-state index in [0.717, 1.165) is 18.8 Å². The number of nitrogens with two attached hydrogens (primary N) is 1. The quantitative estimate of drug-likeness (QED) is 0.867. The molecular weight excluding hydrogens is 250 g/mol. The third-order valence-corrected chi connectivity index (χ3v) is 3.98. The summed E-state index contributed by atoms with van der Waals surface area (Å²) in [6.07, 6.45) is 3.72. The maximum atomic E-state index is 11.9. The van der Waals surface area contributed by atoms with Crippen LogP contribution in [0.5, 0.6) is 0 Å². The van der Waals surface area contributed by atoms with Gasteiger partial charge in [-0.05, 0) is 25.9 Å². The van der Waals surface area contributed by atoms with E-state index >= 15 is 0 Å². The third-order valence-electron chi connectivity index (χ3n) is 3.98. The number of carbonyl (C=O) groups is 1. The first-order valence-corrected chi connectivity index (χ1v) is 7.35. The molecule has 1 aliphatic heterocycles. The summed E-state index contributed by atoms with van der Waals surface area (Å²) in [5, 5.41) is 4.54. The SMILES string of the molecule is CC(C[N-]c1ccccc1)(CN1CCCCC1)C(N)=O. The summed E-state index contributed by atoms with van der Waals surface area (Å²) in [5.41, 5.74) is 5.94. The summed E-state index contributed by atoms with van der Waals surface area (Å²) in [4.78, 5) is 14.2. The number of rotatable bonds is 6. The maximum Gasteiger partial charge on any atom is 0.223 e. The van der Waals surface area contributed by atoms with Gasteiger partial charge in [0.2, 0.25) is 5.91 Å². The molecular formula is C16H24N3O-. The fraction of sp³-hybridized carbons (Fsp3) is 0.562. The first-order chi connectivity index (χ1) is 9.60. The first-order valence-electron chi connectivity index (χ1n) is 7.35. The third kappa shape index (κ3) is 3.97. The smallest absolute Gasteiger partial charge is 0.223 e. The van der Waals surface area contributed by atoms with Crippen molar-refractivity contribution >= 4 is 11.6 Å². The van der Waals surface area contributed by atoms with Crippen LogP contribution < -0.4 is 5.73 Å². The molecule has 1 atom stereocenters. The van der Waals surface area contributed by atoms with E-state index < -0.39 is 5.41 Å². The molecule has 1 aromatic rings. The normalized spacial score (nSPS) is 19.2. The molecule has 4 heteroatoms. The van der Waals surface area contributed by atoms with E-state index in [1.807, 2.05) is 37.3 Å². The van der Waals surface area contributed by atoms with Crippen LogP contribution in [0, 0.1) is 5.41 Å². The van der Waals surface area contributed by atoms with Crippen molar-refractivity contribution in [1.82, 2.24) is 4.90 Å².